The largest absolute Gasteiger partial charge is 0.479 e. The molecule has 8 nitrogen and oxygen atoms in total. The molecule has 0 saturated carbocycles. The Morgan fingerprint density at radius 1 is 1.50 bits per heavy atom. The van der Waals surface area contributed by atoms with Crippen LogP contribution in [0.4, 0.5) is 20.6 Å². The van der Waals surface area contributed by atoms with Crippen molar-refractivity contribution in [1.82, 2.24) is 10.3 Å². The van der Waals surface area contributed by atoms with Gasteiger partial charge in [0.15, 0.2) is 5.82 Å². The van der Waals surface area contributed by atoms with E-state index in [4.69, 9.17) is 20.5 Å². The molecule has 1 aliphatic rings. The number of amides is 1. The number of nitriles is 1. The Morgan fingerprint density at radius 2 is 2.22 bits per heavy atom. The maximum atomic E-state index is 15.4. The molecule has 2 aromatic rings. The van der Waals surface area contributed by atoms with Crippen molar-refractivity contribution < 1.29 is 18.7 Å². The minimum atomic E-state index is -0.741. The van der Waals surface area contributed by atoms with Crippen LogP contribution in [0.2, 0.25) is 0 Å². The number of hydrogen-bond acceptors (Lipinski definition) is 7. The van der Waals surface area contributed by atoms with Gasteiger partial charge in [-0.25, -0.2) is 14.2 Å². The zero-order valence-electron chi connectivity index (χ0n) is 18.6. The molecule has 1 saturated heterocycles. The molecule has 3 rings (SSSR count). The molecule has 32 heavy (non-hydrogen) atoms. The van der Waals surface area contributed by atoms with Gasteiger partial charge in [0.2, 0.25) is 5.88 Å². The normalized spacial score (nSPS) is 16.1. The van der Waals surface area contributed by atoms with Crippen molar-refractivity contribution in [2.45, 2.75) is 51.7 Å². The van der Waals surface area contributed by atoms with E-state index in [0.29, 0.717) is 36.0 Å². The van der Waals surface area contributed by atoms with Crippen molar-refractivity contribution in [3.63, 3.8) is 0 Å². The molecule has 1 atom stereocenters. The summed E-state index contributed by atoms with van der Waals surface area (Å²) in [5.74, 6) is -0.591. The number of carbonyl (C=O) groups excluding carboxylic acids is 1. The minimum absolute atomic E-state index is 0.0122. The Morgan fingerprint density at radius 3 is 2.78 bits per heavy atom. The molecule has 0 bridgehead atoms. The number of pyridine rings is 1. The predicted octanol–water partition coefficient (Wildman–Crippen LogP) is 4.29. The van der Waals surface area contributed by atoms with Gasteiger partial charge in [-0.3, -0.25) is 4.90 Å². The Kier molecular flexibility index (Phi) is 7.10. The van der Waals surface area contributed by atoms with Crippen LogP contribution in [0.15, 0.2) is 10.5 Å². The summed E-state index contributed by atoms with van der Waals surface area (Å²) in [5, 5.41) is 12.6. The van der Waals surface area contributed by atoms with E-state index < -0.39 is 17.5 Å². The number of fused-ring (bicyclic) bond motifs is 1. The van der Waals surface area contributed by atoms with Gasteiger partial charge in [0.05, 0.1) is 29.4 Å². The molecule has 10 heteroatoms. The highest BCUT2D eigenvalue weighted by molar-refractivity contribution is 9.10. The summed E-state index contributed by atoms with van der Waals surface area (Å²) in [5.41, 5.74) is 6.68. The fraction of sp³-hybridized carbons (Fsp3) is 0.500. The number of nitrogens with two attached hydrogens (primary N) is 1. The standard InChI is InChI=1S/C22H27BrFN5O3/c1-22(2,3)32-21(30)29(13-7-9-27-11-13)19-14-10-12(6-5-8-25)15(23)16(24)18(14)28-20(31-4)17(19)26/h10,13,27H,5-7,9,11,26H2,1-4H3. The molecule has 172 valence electrons. The number of ether oxygens (including phenoxy) is 2. The number of aryl methyl sites for hydroxylation is 1. The third-order valence-corrected chi connectivity index (χ3v) is 6.00. The summed E-state index contributed by atoms with van der Waals surface area (Å²) in [6.45, 7) is 6.59. The van der Waals surface area contributed by atoms with Gasteiger partial charge in [0.1, 0.15) is 16.8 Å². The van der Waals surface area contributed by atoms with E-state index in [9.17, 15) is 4.79 Å². The van der Waals surface area contributed by atoms with Gasteiger partial charge in [0.25, 0.3) is 0 Å². The highest BCUT2D eigenvalue weighted by Crippen LogP contribution is 2.43. The van der Waals surface area contributed by atoms with Crippen LogP contribution in [-0.2, 0) is 11.2 Å². The topological polar surface area (TPSA) is 114 Å². The van der Waals surface area contributed by atoms with E-state index in [2.05, 4.69) is 32.3 Å². The summed E-state index contributed by atoms with van der Waals surface area (Å²) in [6.07, 6.45) is 0.618. The van der Waals surface area contributed by atoms with Gasteiger partial charge < -0.3 is 20.5 Å². The highest BCUT2D eigenvalue weighted by Gasteiger charge is 2.35. The molecule has 1 aromatic carbocycles. The summed E-state index contributed by atoms with van der Waals surface area (Å²) in [7, 11) is 1.39. The number of rotatable bonds is 5. The number of halogens is 2. The number of benzene rings is 1. The Balaban J connectivity index is 2.33. The lowest BCUT2D eigenvalue weighted by Gasteiger charge is -2.33. The molecule has 1 unspecified atom stereocenters. The molecule has 0 radical (unpaired) electrons. The van der Waals surface area contributed by atoms with Gasteiger partial charge in [-0.15, -0.1) is 0 Å². The van der Waals surface area contributed by atoms with Gasteiger partial charge in [0, 0.05) is 18.4 Å². The van der Waals surface area contributed by atoms with Crippen LogP contribution in [0.5, 0.6) is 5.88 Å². The average Bonchev–Trinajstić information content (AvgIpc) is 3.24. The molecule has 1 amide bonds. The zero-order chi connectivity index (χ0) is 23.6. The first-order valence-electron chi connectivity index (χ1n) is 10.3. The molecule has 1 aromatic heterocycles. The second kappa shape index (κ2) is 9.46. The lowest BCUT2D eigenvalue weighted by Crippen LogP contribution is -2.45. The van der Waals surface area contributed by atoms with Crippen molar-refractivity contribution in [3.05, 3.63) is 21.9 Å². The number of hydrogen-bond donors (Lipinski definition) is 2. The minimum Gasteiger partial charge on any atom is -0.479 e. The Bertz CT molecular complexity index is 1070. The molecule has 0 aliphatic carbocycles. The quantitative estimate of drug-likeness (QED) is 0.620. The van der Waals surface area contributed by atoms with Crippen molar-refractivity contribution >= 4 is 44.3 Å². The van der Waals surface area contributed by atoms with Gasteiger partial charge in [-0.05, 0) is 67.7 Å². The molecule has 0 spiro atoms. The van der Waals surface area contributed by atoms with Crippen LogP contribution in [0.3, 0.4) is 0 Å². The molecule has 1 fully saturated rings. The van der Waals surface area contributed by atoms with Crippen LogP contribution in [0.25, 0.3) is 10.9 Å². The van der Waals surface area contributed by atoms with E-state index in [1.165, 1.54) is 12.0 Å². The number of carbonyl (C=O) groups is 1. The maximum Gasteiger partial charge on any atom is 0.415 e. The molecule has 2 heterocycles. The zero-order valence-corrected chi connectivity index (χ0v) is 20.2. The van der Waals surface area contributed by atoms with Crippen molar-refractivity contribution in [3.8, 4) is 11.9 Å². The number of nitrogens with zero attached hydrogens (tertiary/aromatic N) is 3. The highest BCUT2D eigenvalue weighted by atomic mass is 79.9. The fourth-order valence-corrected chi connectivity index (χ4v) is 4.25. The van der Waals surface area contributed by atoms with Crippen LogP contribution in [0.1, 0.15) is 39.2 Å². The van der Waals surface area contributed by atoms with Crippen molar-refractivity contribution in [2.24, 2.45) is 0 Å². The summed E-state index contributed by atoms with van der Waals surface area (Å²) in [4.78, 5) is 19.1. The molecular formula is C22H27BrFN5O3. The number of anilines is 2. The molecular weight excluding hydrogens is 481 g/mol. The lowest BCUT2D eigenvalue weighted by atomic mass is 10.0. The predicted molar refractivity (Wildman–Crippen MR) is 124 cm³/mol. The van der Waals surface area contributed by atoms with E-state index in [-0.39, 0.29) is 34.0 Å². The first-order valence-corrected chi connectivity index (χ1v) is 11.1. The Hall–Kier alpha value is -2.64. The first-order chi connectivity index (χ1) is 15.1. The number of methoxy groups -OCH3 is 1. The molecule has 1 aliphatic heterocycles. The molecule has 3 N–H and O–H groups in total. The van der Waals surface area contributed by atoms with Crippen LogP contribution in [-0.4, -0.2) is 42.9 Å². The van der Waals surface area contributed by atoms with Crippen molar-refractivity contribution in [1.29, 1.82) is 5.26 Å². The Labute approximate surface area is 195 Å². The lowest BCUT2D eigenvalue weighted by molar-refractivity contribution is 0.0568. The van der Waals surface area contributed by atoms with E-state index in [0.717, 1.165) is 6.54 Å². The third kappa shape index (κ3) is 4.74. The number of aromatic nitrogens is 1. The van der Waals surface area contributed by atoms with Crippen LogP contribution >= 0.6 is 15.9 Å². The van der Waals surface area contributed by atoms with E-state index in [1.807, 2.05) is 0 Å². The van der Waals surface area contributed by atoms with Gasteiger partial charge in [-0.2, -0.15) is 5.26 Å². The number of nitrogen functional groups attached to an aromatic ring is 1. The number of nitrogens with one attached hydrogen (secondary N) is 1. The van der Waals surface area contributed by atoms with Crippen LogP contribution in [0, 0.1) is 17.1 Å². The monoisotopic (exact) mass is 507 g/mol. The first kappa shape index (κ1) is 24.0. The maximum absolute atomic E-state index is 15.4. The second-order valence-electron chi connectivity index (χ2n) is 8.60. The van der Waals surface area contributed by atoms with Crippen molar-refractivity contribution in [2.75, 3.05) is 30.8 Å². The third-order valence-electron chi connectivity index (χ3n) is 5.14. The second-order valence-corrected chi connectivity index (χ2v) is 9.39. The fourth-order valence-electron chi connectivity index (χ4n) is 3.75. The summed E-state index contributed by atoms with van der Waals surface area (Å²) >= 11 is 3.28. The smallest absolute Gasteiger partial charge is 0.415 e. The van der Waals surface area contributed by atoms with E-state index in [1.54, 1.807) is 26.8 Å². The summed E-state index contributed by atoms with van der Waals surface area (Å²) < 4.78 is 26.6. The van der Waals surface area contributed by atoms with Crippen LogP contribution < -0.4 is 20.7 Å². The van der Waals surface area contributed by atoms with E-state index >= 15 is 4.39 Å². The SMILES string of the molecule is COc1nc2c(F)c(Br)c(CCC#N)cc2c(N(C(=O)OC(C)(C)C)C2CCNC2)c1N. The summed E-state index contributed by atoms with van der Waals surface area (Å²) in [6, 6.07) is 3.54. The average molecular weight is 508 g/mol. The van der Waals surface area contributed by atoms with Gasteiger partial charge >= 0.3 is 6.09 Å². The van der Waals surface area contributed by atoms with Gasteiger partial charge in [-0.1, -0.05) is 0 Å².